The van der Waals surface area contributed by atoms with E-state index < -0.39 is 10.9 Å². The van der Waals surface area contributed by atoms with E-state index in [9.17, 15) is 14.9 Å². The molecule has 1 aliphatic heterocycles. The Kier molecular flexibility index (Phi) is 4.30. The molecule has 1 aromatic heterocycles. The number of nitro groups is 1. The second-order valence-electron chi connectivity index (χ2n) is 5.90. The molecular weight excluding hydrogens is 312 g/mol. The third-order valence-corrected chi connectivity index (χ3v) is 4.22. The number of aromatic nitrogens is 2. The van der Waals surface area contributed by atoms with Gasteiger partial charge in [-0.3, -0.25) is 19.6 Å². The van der Waals surface area contributed by atoms with Crippen LogP contribution in [0.2, 0.25) is 0 Å². The Balaban J connectivity index is 2.11. The molecule has 1 aliphatic rings. The highest BCUT2D eigenvalue weighted by atomic mass is 16.6. The Bertz CT molecular complexity index is 799. The molecule has 0 saturated heterocycles. The van der Waals surface area contributed by atoms with E-state index in [-0.39, 0.29) is 18.7 Å². The maximum atomic E-state index is 11.3. The lowest BCUT2D eigenvalue weighted by atomic mass is 10.00. The van der Waals surface area contributed by atoms with Gasteiger partial charge in [0.2, 0.25) is 0 Å². The molecule has 1 aromatic carbocycles. The first-order valence-corrected chi connectivity index (χ1v) is 7.70. The van der Waals surface area contributed by atoms with E-state index in [1.54, 1.807) is 22.9 Å². The normalized spacial score (nSPS) is 14.4. The summed E-state index contributed by atoms with van der Waals surface area (Å²) in [7, 11) is 1.99. The number of nitrogens with zero attached hydrogens (tertiary/aromatic N) is 4. The first-order chi connectivity index (χ1) is 11.5. The number of carbonyl (C=O) groups is 1. The second kappa shape index (κ2) is 6.40. The number of para-hydroxylation sites is 1. The van der Waals surface area contributed by atoms with Crippen molar-refractivity contribution in [3.8, 4) is 11.3 Å². The number of rotatable bonds is 5. The smallest absolute Gasteiger partial charge is 0.305 e. The quantitative estimate of drug-likeness (QED) is 0.664. The van der Waals surface area contributed by atoms with Gasteiger partial charge in [-0.25, -0.2) is 0 Å². The van der Waals surface area contributed by atoms with Crippen molar-refractivity contribution in [2.45, 2.75) is 25.9 Å². The van der Waals surface area contributed by atoms with Gasteiger partial charge in [-0.1, -0.05) is 12.1 Å². The van der Waals surface area contributed by atoms with Gasteiger partial charge < -0.3 is 10.0 Å². The molecule has 0 fully saturated rings. The van der Waals surface area contributed by atoms with Gasteiger partial charge in [-0.2, -0.15) is 5.10 Å². The molecule has 2 aromatic rings. The van der Waals surface area contributed by atoms with Crippen molar-refractivity contribution < 1.29 is 14.8 Å². The summed E-state index contributed by atoms with van der Waals surface area (Å²) in [6, 6.07) is 6.53. The standard InChI is InChI=1S/C16H18N4O4/c1-18-8-6-13-12(10-18)16(17-19(13)9-7-15(21)22)11-4-2-3-5-14(11)20(23)24/h2-5H,6-10H2,1H3,(H,21,22). The minimum absolute atomic E-state index is 0.0106. The van der Waals surface area contributed by atoms with Crippen LogP contribution in [-0.4, -0.2) is 44.3 Å². The molecule has 0 aliphatic carbocycles. The van der Waals surface area contributed by atoms with Crippen LogP contribution < -0.4 is 0 Å². The number of aryl methyl sites for hydroxylation is 1. The summed E-state index contributed by atoms with van der Waals surface area (Å²) in [5.41, 5.74) is 2.99. The number of fused-ring (bicyclic) bond motifs is 1. The molecule has 0 amide bonds. The summed E-state index contributed by atoms with van der Waals surface area (Å²) < 4.78 is 1.70. The molecule has 0 atom stereocenters. The van der Waals surface area contributed by atoms with Crippen LogP contribution in [0.3, 0.4) is 0 Å². The van der Waals surface area contributed by atoms with Gasteiger partial charge in [0, 0.05) is 36.8 Å². The summed E-state index contributed by atoms with van der Waals surface area (Å²) in [5.74, 6) is -0.889. The Labute approximate surface area is 138 Å². The molecule has 2 heterocycles. The number of likely N-dealkylation sites (N-methyl/N-ethyl adjacent to an activating group) is 1. The monoisotopic (exact) mass is 330 g/mol. The molecule has 8 heteroatoms. The minimum atomic E-state index is -0.889. The van der Waals surface area contributed by atoms with Gasteiger partial charge >= 0.3 is 5.97 Å². The minimum Gasteiger partial charge on any atom is -0.481 e. The van der Waals surface area contributed by atoms with Gasteiger partial charge in [0.25, 0.3) is 5.69 Å². The molecule has 24 heavy (non-hydrogen) atoms. The van der Waals surface area contributed by atoms with Crippen molar-refractivity contribution in [2.24, 2.45) is 0 Å². The average molecular weight is 330 g/mol. The Morgan fingerprint density at radius 2 is 2.17 bits per heavy atom. The largest absolute Gasteiger partial charge is 0.481 e. The zero-order valence-corrected chi connectivity index (χ0v) is 13.3. The van der Waals surface area contributed by atoms with Crippen LogP contribution in [0.25, 0.3) is 11.3 Å². The molecule has 0 spiro atoms. The Morgan fingerprint density at radius 3 is 2.88 bits per heavy atom. The molecule has 3 rings (SSSR count). The number of carboxylic acid groups (broad SMARTS) is 1. The van der Waals surface area contributed by atoms with E-state index in [1.165, 1.54) is 6.07 Å². The Morgan fingerprint density at radius 1 is 1.42 bits per heavy atom. The first kappa shape index (κ1) is 16.1. The van der Waals surface area contributed by atoms with Crippen LogP contribution >= 0.6 is 0 Å². The van der Waals surface area contributed by atoms with E-state index in [4.69, 9.17) is 5.11 Å². The van der Waals surface area contributed by atoms with Crippen LogP contribution in [0.5, 0.6) is 0 Å². The predicted octanol–water partition coefficient (Wildman–Crippen LogP) is 1.92. The molecule has 0 unspecified atom stereocenters. The zero-order valence-electron chi connectivity index (χ0n) is 13.3. The summed E-state index contributed by atoms with van der Waals surface area (Å²) in [5, 5.41) is 24.8. The van der Waals surface area contributed by atoms with Crippen LogP contribution in [0.1, 0.15) is 17.7 Å². The fraction of sp³-hybridized carbons (Fsp3) is 0.375. The zero-order chi connectivity index (χ0) is 17.3. The van der Waals surface area contributed by atoms with Gasteiger partial charge in [0.15, 0.2) is 0 Å². The molecular formula is C16H18N4O4. The lowest BCUT2D eigenvalue weighted by molar-refractivity contribution is -0.384. The average Bonchev–Trinajstić information content (AvgIpc) is 2.90. The highest BCUT2D eigenvalue weighted by molar-refractivity contribution is 5.74. The SMILES string of the molecule is CN1CCc2c(c(-c3ccccc3[N+](=O)[O-])nn2CCC(=O)O)C1. The number of nitro benzene ring substituents is 1. The van der Waals surface area contributed by atoms with E-state index in [0.29, 0.717) is 17.8 Å². The summed E-state index contributed by atoms with van der Waals surface area (Å²) in [4.78, 5) is 23.9. The van der Waals surface area contributed by atoms with Crippen LogP contribution in [0.4, 0.5) is 5.69 Å². The maximum absolute atomic E-state index is 11.3. The molecule has 8 nitrogen and oxygen atoms in total. The van der Waals surface area contributed by atoms with Crippen LogP contribution in [0.15, 0.2) is 24.3 Å². The fourth-order valence-electron chi connectivity index (χ4n) is 3.06. The number of benzene rings is 1. The van der Waals surface area contributed by atoms with Gasteiger partial charge in [0.1, 0.15) is 5.69 Å². The van der Waals surface area contributed by atoms with Crippen molar-refractivity contribution in [1.82, 2.24) is 14.7 Å². The van der Waals surface area contributed by atoms with Crippen molar-refractivity contribution in [1.29, 1.82) is 0 Å². The number of carboxylic acids is 1. The topological polar surface area (TPSA) is 101 Å². The maximum Gasteiger partial charge on any atom is 0.305 e. The third kappa shape index (κ3) is 3.00. The summed E-state index contributed by atoms with van der Waals surface area (Å²) in [6.45, 7) is 1.76. The molecule has 0 radical (unpaired) electrons. The lowest BCUT2D eigenvalue weighted by Crippen LogP contribution is -2.27. The van der Waals surface area contributed by atoms with Crippen molar-refractivity contribution in [2.75, 3.05) is 13.6 Å². The number of hydrogen-bond acceptors (Lipinski definition) is 5. The first-order valence-electron chi connectivity index (χ1n) is 7.70. The van der Waals surface area contributed by atoms with Gasteiger partial charge in [-0.05, 0) is 13.1 Å². The van der Waals surface area contributed by atoms with E-state index >= 15 is 0 Å². The van der Waals surface area contributed by atoms with Crippen LogP contribution in [0, 0.1) is 10.1 Å². The fourth-order valence-corrected chi connectivity index (χ4v) is 3.06. The highest BCUT2D eigenvalue weighted by Crippen LogP contribution is 2.34. The number of hydrogen-bond donors (Lipinski definition) is 1. The second-order valence-corrected chi connectivity index (χ2v) is 5.90. The summed E-state index contributed by atoms with van der Waals surface area (Å²) >= 11 is 0. The number of aliphatic carboxylic acids is 1. The predicted molar refractivity (Wildman–Crippen MR) is 86.6 cm³/mol. The van der Waals surface area contributed by atoms with Gasteiger partial charge in [0.05, 0.1) is 23.5 Å². The van der Waals surface area contributed by atoms with Crippen molar-refractivity contribution in [3.63, 3.8) is 0 Å². The van der Waals surface area contributed by atoms with Crippen molar-refractivity contribution >= 4 is 11.7 Å². The lowest BCUT2D eigenvalue weighted by Gasteiger charge is -2.23. The molecule has 0 saturated carbocycles. The Hall–Kier alpha value is -2.74. The highest BCUT2D eigenvalue weighted by Gasteiger charge is 2.27. The van der Waals surface area contributed by atoms with E-state index in [0.717, 1.165) is 24.2 Å². The van der Waals surface area contributed by atoms with Crippen LogP contribution in [-0.2, 0) is 24.3 Å². The summed E-state index contributed by atoms with van der Waals surface area (Å²) in [6.07, 6.45) is 0.722. The van der Waals surface area contributed by atoms with Crippen molar-refractivity contribution in [3.05, 3.63) is 45.6 Å². The van der Waals surface area contributed by atoms with Gasteiger partial charge in [-0.15, -0.1) is 0 Å². The molecule has 0 bridgehead atoms. The third-order valence-electron chi connectivity index (χ3n) is 4.22. The molecule has 126 valence electrons. The van der Waals surface area contributed by atoms with E-state index in [2.05, 4.69) is 10.00 Å². The van der Waals surface area contributed by atoms with E-state index in [1.807, 2.05) is 7.05 Å². The molecule has 1 N–H and O–H groups in total.